The lowest BCUT2D eigenvalue weighted by molar-refractivity contribution is 0.682. The van der Waals surface area contributed by atoms with Crippen molar-refractivity contribution in [3.63, 3.8) is 0 Å². The molecule has 0 saturated carbocycles. The molecule has 0 amide bonds. The highest BCUT2D eigenvalue weighted by atomic mass is 127. The van der Waals surface area contributed by atoms with Crippen LogP contribution in [0.25, 0.3) is 0 Å². The molecule has 1 aromatic carbocycles. The number of aryl methyl sites for hydroxylation is 2. The minimum atomic E-state index is 0. The Morgan fingerprint density at radius 1 is 1.28 bits per heavy atom. The molecule has 2 rings (SSSR count). The first-order chi connectivity index (χ1) is 11.6. The van der Waals surface area contributed by atoms with E-state index < -0.39 is 0 Å². The van der Waals surface area contributed by atoms with Gasteiger partial charge in [-0.3, -0.25) is 9.67 Å². The van der Waals surface area contributed by atoms with Crippen LogP contribution in [0, 0.1) is 6.92 Å². The third-order valence-electron chi connectivity index (χ3n) is 4.01. The highest BCUT2D eigenvalue weighted by Gasteiger charge is 2.05. The van der Waals surface area contributed by atoms with Gasteiger partial charge in [0, 0.05) is 45.6 Å². The zero-order valence-corrected chi connectivity index (χ0v) is 17.8. The van der Waals surface area contributed by atoms with Gasteiger partial charge < -0.3 is 15.5 Å². The van der Waals surface area contributed by atoms with Crippen molar-refractivity contribution in [1.29, 1.82) is 0 Å². The number of aromatic nitrogens is 2. The van der Waals surface area contributed by atoms with Crippen molar-refractivity contribution in [1.82, 2.24) is 20.4 Å². The van der Waals surface area contributed by atoms with Crippen molar-refractivity contribution in [3.8, 4) is 0 Å². The van der Waals surface area contributed by atoms with Gasteiger partial charge in [-0.05, 0) is 37.6 Å². The Bertz CT molecular complexity index is 667. The van der Waals surface area contributed by atoms with Crippen LogP contribution < -0.4 is 15.5 Å². The zero-order chi connectivity index (χ0) is 17.4. The van der Waals surface area contributed by atoms with E-state index in [2.05, 4.69) is 63.7 Å². The van der Waals surface area contributed by atoms with Crippen LogP contribution in [0.5, 0.6) is 0 Å². The highest BCUT2D eigenvalue weighted by Crippen LogP contribution is 2.14. The van der Waals surface area contributed by atoms with Crippen LogP contribution in [0.4, 0.5) is 5.69 Å². The second-order valence-corrected chi connectivity index (χ2v) is 5.72. The monoisotopic (exact) mass is 456 g/mol. The number of rotatable bonds is 7. The molecule has 0 radical (unpaired) electrons. The van der Waals surface area contributed by atoms with Crippen LogP contribution in [0.3, 0.4) is 0 Å². The smallest absolute Gasteiger partial charge is 0.191 e. The fraction of sp³-hybridized carbons (Fsp3) is 0.444. The first-order valence-electron chi connectivity index (χ1n) is 8.37. The number of nitrogens with one attached hydrogen (secondary N) is 2. The molecule has 0 spiro atoms. The molecule has 6 nitrogen and oxygen atoms in total. The summed E-state index contributed by atoms with van der Waals surface area (Å²) in [7, 11) is 3.73. The molecule has 1 aromatic heterocycles. The molecular formula is C18H29IN6. The van der Waals surface area contributed by atoms with Gasteiger partial charge in [-0.2, -0.15) is 5.10 Å². The summed E-state index contributed by atoms with van der Waals surface area (Å²) in [5.41, 5.74) is 3.66. The molecule has 0 atom stereocenters. The molecule has 0 aliphatic rings. The van der Waals surface area contributed by atoms with Crippen LogP contribution in [0.2, 0.25) is 0 Å². The number of aliphatic imine (C=N–C) groups is 1. The average Bonchev–Trinajstić information content (AvgIpc) is 2.99. The van der Waals surface area contributed by atoms with Gasteiger partial charge in [-0.15, -0.1) is 24.0 Å². The fourth-order valence-corrected chi connectivity index (χ4v) is 2.57. The normalized spacial score (nSPS) is 11.0. The van der Waals surface area contributed by atoms with E-state index >= 15 is 0 Å². The molecule has 0 aliphatic heterocycles. The van der Waals surface area contributed by atoms with Crippen LogP contribution >= 0.6 is 24.0 Å². The van der Waals surface area contributed by atoms with Crippen LogP contribution in [-0.2, 0) is 13.6 Å². The quantitative estimate of drug-likeness (QED) is 0.382. The minimum absolute atomic E-state index is 0. The summed E-state index contributed by atoms with van der Waals surface area (Å²) in [5.74, 6) is 0.802. The van der Waals surface area contributed by atoms with Crippen LogP contribution in [0.15, 0.2) is 41.5 Å². The molecule has 0 unspecified atom stereocenters. The lowest BCUT2D eigenvalue weighted by Crippen LogP contribution is -2.41. The van der Waals surface area contributed by atoms with Gasteiger partial charge in [0.2, 0.25) is 0 Å². The van der Waals surface area contributed by atoms with E-state index in [4.69, 9.17) is 0 Å². The molecule has 138 valence electrons. The van der Waals surface area contributed by atoms with Crippen molar-refractivity contribution in [2.45, 2.75) is 20.4 Å². The number of hydrogen-bond acceptors (Lipinski definition) is 3. The van der Waals surface area contributed by atoms with Crippen LogP contribution in [-0.4, -0.2) is 42.4 Å². The molecule has 2 aromatic rings. The Hall–Kier alpha value is -1.77. The maximum Gasteiger partial charge on any atom is 0.191 e. The van der Waals surface area contributed by atoms with Gasteiger partial charge in [0.05, 0.1) is 12.2 Å². The summed E-state index contributed by atoms with van der Waals surface area (Å²) in [6.07, 6.45) is 1.80. The van der Waals surface area contributed by atoms with E-state index in [1.807, 2.05) is 17.8 Å². The third kappa shape index (κ3) is 6.56. The van der Waals surface area contributed by atoms with E-state index in [-0.39, 0.29) is 24.0 Å². The molecule has 1 heterocycles. The largest absolute Gasteiger partial charge is 0.370 e. The molecule has 7 heteroatoms. The third-order valence-corrected chi connectivity index (χ3v) is 4.01. The first kappa shape index (κ1) is 21.3. The molecule has 0 fully saturated rings. The standard InChI is InChI=1S/C18H28N6.HI/c1-5-24(16-8-6-7-15(2)13-16)12-11-20-18(19-3)21-14-17-9-10-22-23(17)4;/h6-10,13H,5,11-12,14H2,1-4H3,(H2,19,20,21);1H. The topological polar surface area (TPSA) is 57.5 Å². The van der Waals surface area contributed by atoms with Crippen molar-refractivity contribution in [2.24, 2.45) is 12.0 Å². The lowest BCUT2D eigenvalue weighted by Gasteiger charge is -2.24. The SMILES string of the molecule is CCN(CCNC(=NC)NCc1ccnn1C)c1cccc(C)c1.I. The van der Waals surface area contributed by atoms with Crippen molar-refractivity contribution >= 4 is 35.6 Å². The first-order valence-corrected chi connectivity index (χ1v) is 8.37. The lowest BCUT2D eigenvalue weighted by atomic mass is 10.2. The molecule has 0 saturated heterocycles. The Kier molecular flexibility index (Phi) is 9.33. The number of hydrogen-bond donors (Lipinski definition) is 2. The van der Waals surface area contributed by atoms with Crippen molar-refractivity contribution in [2.75, 3.05) is 31.6 Å². The summed E-state index contributed by atoms with van der Waals surface area (Å²) < 4.78 is 1.86. The second-order valence-electron chi connectivity index (χ2n) is 5.72. The van der Waals surface area contributed by atoms with E-state index in [1.54, 1.807) is 13.2 Å². The van der Waals surface area contributed by atoms with Gasteiger partial charge in [-0.1, -0.05) is 12.1 Å². The van der Waals surface area contributed by atoms with Crippen molar-refractivity contribution < 1.29 is 0 Å². The molecule has 0 bridgehead atoms. The number of likely N-dealkylation sites (N-methyl/N-ethyl adjacent to an activating group) is 1. The van der Waals surface area contributed by atoms with Gasteiger partial charge in [0.1, 0.15) is 0 Å². The highest BCUT2D eigenvalue weighted by molar-refractivity contribution is 14.0. The zero-order valence-electron chi connectivity index (χ0n) is 15.5. The Morgan fingerprint density at radius 3 is 2.68 bits per heavy atom. The Labute approximate surface area is 167 Å². The number of nitrogens with zero attached hydrogens (tertiary/aromatic N) is 4. The minimum Gasteiger partial charge on any atom is -0.370 e. The molecule has 2 N–H and O–H groups in total. The summed E-state index contributed by atoms with van der Waals surface area (Å²) in [6.45, 7) is 7.73. The van der Waals surface area contributed by atoms with Crippen molar-refractivity contribution in [3.05, 3.63) is 47.8 Å². The number of benzene rings is 1. The van der Waals surface area contributed by atoms with E-state index in [1.165, 1.54) is 11.3 Å². The van der Waals surface area contributed by atoms with Gasteiger partial charge in [-0.25, -0.2) is 0 Å². The number of halogens is 1. The Balaban J connectivity index is 0.00000312. The molecule has 25 heavy (non-hydrogen) atoms. The molecular weight excluding hydrogens is 427 g/mol. The van der Waals surface area contributed by atoms with E-state index in [9.17, 15) is 0 Å². The van der Waals surface area contributed by atoms with Crippen LogP contribution in [0.1, 0.15) is 18.2 Å². The van der Waals surface area contributed by atoms with E-state index in [0.29, 0.717) is 6.54 Å². The predicted molar refractivity (Wildman–Crippen MR) is 116 cm³/mol. The fourth-order valence-electron chi connectivity index (χ4n) is 2.57. The Morgan fingerprint density at radius 2 is 2.08 bits per heavy atom. The maximum absolute atomic E-state index is 4.27. The van der Waals surface area contributed by atoms with E-state index in [0.717, 1.165) is 31.3 Å². The summed E-state index contributed by atoms with van der Waals surface area (Å²) >= 11 is 0. The summed E-state index contributed by atoms with van der Waals surface area (Å²) in [5, 5.41) is 10.8. The summed E-state index contributed by atoms with van der Waals surface area (Å²) in [6, 6.07) is 10.6. The summed E-state index contributed by atoms with van der Waals surface area (Å²) in [4.78, 5) is 6.63. The molecule has 0 aliphatic carbocycles. The average molecular weight is 456 g/mol. The van der Waals surface area contributed by atoms with Gasteiger partial charge >= 0.3 is 0 Å². The number of anilines is 1. The second kappa shape index (κ2) is 11.0. The predicted octanol–water partition coefficient (Wildman–Crippen LogP) is 2.54. The van der Waals surface area contributed by atoms with Gasteiger partial charge in [0.25, 0.3) is 0 Å². The number of guanidine groups is 1. The van der Waals surface area contributed by atoms with Gasteiger partial charge in [0.15, 0.2) is 5.96 Å². The maximum atomic E-state index is 4.27.